The highest BCUT2D eigenvalue weighted by Gasteiger charge is 2.44. The molecular formula is C24H22N4O5S. The molecule has 9 nitrogen and oxygen atoms in total. The number of thiazole rings is 1. The molecule has 0 radical (unpaired) electrons. The summed E-state index contributed by atoms with van der Waals surface area (Å²) in [4.78, 5) is 47.9. The van der Waals surface area contributed by atoms with Crippen LogP contribution in [-0.2, 0) is 16.1 Å². The standard InChI is InChI=1S/C24H22N4O5S/c1-13-23(34-14(2)27-13)21(30)19-20(16-5-7-17(8-6-16)33-12-18(25)29)28(24(32)22(19)31)11-15-4-3-9-26-10-15/h3-10,20,31H,11-12H2,1-2H3,(H2,25,29). The van der Waals surface area contributed by atoms with Gasteiger partial charge in [0.1, 0.15) is 5.75 Å². The van der Waals surface area contributed by atoms with Gasteiger partial charge in [-0.25, -0.2) is 4.98 Å². The third kappa shape index (κ3) is 4.53. The second-order valence-corrected chi connectivity index (χ2v) is 8.96. The lowest BCUT2D eigenvalue weighted by Crippen LogP contribution is -2.30. The Kier molecular flexibility index (Phi) is 6.42. The van der Waals surface area contributed by atoms with E-state index in [1.165, 1.54) is 16.2 Å². The normalized spacial score (nSPS) is 15.6. The number of ether oxygens (including phenoxy) is 1. The number of hydrogen-bond donors (Lipinski definition) is 2. The van der Waals surface area contributed by atoms with E-state index in [1.54, 1.807) is 56.6 Å². The Balaban J connectivity index is 1.75. The molecule has 34 heavy (non-hydrogen) atoms. The maximum absolute atomic E-state index is 13.5. The quantitative estimate of drug-likeness (QED) is 0.475. The van der Waals surface area contributed by atoms with Crippen LogP contribution in [0.25, 0.3) is 0 Å². The first-order chi connectivity index (χ1) is 16.3. The maximum Gasteiger partial charge on any atom is 0.290 e. The van der Waals surface area contributed by atoms with Crippen molar-refractivity contribution in [2.45, 2.75) is 26.4 Å². The molecule has 3 heterocycles. The Hall–Kier alpha value is -4.05. The van der Waals surface area contributed by atoms with Gasteiger partial charge in [0.15, 0.2) is 12.4 Å². The third-order valence-electron chi connectivity index (χ3n) is 5.31. The highest BCUT2D eigenvalue weighted by Crippen LogP contribution is 2.41. The van der Waals surface area contributed by atoms with Crippen LogP contribution in [0.4, 0.5) is 0 Å². The summed E-state index contributed by atoms with van der Waals surface area (Å²) >= 11 is 1.22. The van der Waals surface area contributed by atoms with Gasteiger partial charge in [-0.3, -0.25) is 19.4 Å². The monoisotopic (exact) mass is 478 g/mol. The molecule has 2 aromatic heterocycles. The molecule has 0 fully saturated rings. The molecule has 3 aromatic rings. The number of aliphatic hydroxyl groups is 1. The van der Waals surface area contributed by atoms with Crippen molar-refractivity contribution in [2.75, 3.05) is 6.61 Å². The molecule has 0 aliphatic carbocycles. The summed E-state index contributed by atoms with van der Waals surface area (Å²) in [6.07, 6.45) is 3.25. The lowest BCUT2D eigenvalue weighted by molar-refractivity contribution is -0.130. The number of nitrogens with two attached hydrogens (primary N) is 1. The van der Waals surface area contributed by atoms with Gasteiger partial charge in [-0.2, -0.15) is 0 Å². The summed E-state index contributed by atoms with van der Waals surface area (Å²) in [6, 6.07) is 9.31. The molecule has 1 aliphatic rings. The molecule has 0 bridgehead atoms. The van der Waals surface area contributed by atoms with Crippen LogP contribution in [0.1, 0.15) is 37.5 Å². The lowest BCUT2D eigenvalue weighted by atomic mass is 9.95. The van der Waals surface area contributed by atoms with E-state index < -0.39 is 29.4 Å². The van der Waals surface area contributed by atoms with Crippen LogP contribution in [0.3, 0.4) is 0 Å². The average molecular weight is 479 g/mol. The minimum Gasteiger partial charge on any atom is -0.503 e. The highest BCUT2D eigenvalue weighted by molar-refractivity contribution is 7.14. The summed E-state index contributed by atoms with van der Waals surface area (Å²) in [5.41, 5.74) is 6.99. The molecule has 1 atom stereocenters. The minimum atomic E-state index is -0.841. The Labute approximate surface area is 199 Å². The van der Waals surface area contributed by atoms with Crippen molar-refractivity contribution in [3.63, 3.8) is 0 Å². The molecule has 1 unspecified atom stereocenters. The number of carbonyl (C=O) groups is 3. The van der Waals surface area contributed by atoms with E-state index in [4.69, 9.17) is 10.5 Å². The topological polar surface area (TPSA) is 136 Å². The van der Waals surface area contributed by atoms with Crippen molar-refractivity contribution >= 4 is 28.9 Å². The first kappa shape index (κ1) is 23.1. The largest absolute Gasteiger partial charge is 0.503 e. The number of pyridine rings is 1. The van der Waals surface area contributed by atoms with Gasteiger partial charge in [-0.05, 0) is 43.2 Å². The van der Waals surface area contributed by atoms with Crippen molar-refractivity contribution in [3.8, 4) is 5.75 Å². The number of aromatic nitrogens is 2. The predicted octanol–water partition coefficient (Wildman–Crippen LogP) is 2.80. The Morgan fingerprint density at radius 3 is 2.53 bits per heavy atom. The number of hydrogen-bond acceptors (Lipinski definition) is 8. The number of nitrogens with zero attached hydrogens (tertiary/aromatic N) is 3. The molecule has 3 N–H and O–H groups in total. The second-order valence-electron chi connectivity index (χ2n) is 7.76. The van der Waals surface area contributed by atoms with Crippen molar-refractivity contribution in [2.24, 2.45) is 5.73 Å². The molecular weight excluding hydrogens is 456 g/mol. The van der Waals surface area contributed by atoms with Crippen LogP contribution in [0.5, 0.6) is 5.75 Å². The molecule has 4 rings (SSSR count). The average Bonchev–Trinajstić information content (AvgIpc) is 3.28. The van der Waals surface area contributed by atoms with Gasteiger partial charge in [0, 0.05) is 18.9 Å². The SMILES string of the molecule is Cc1nc(C)c(C(=O)C2=C(O)C(=O)N(Cc3cccnc3)C2c2ccc(OCC(N)=O)cc2)s1. The number of Topliss-reactive ketones (excluding diaryl/α,β-unsaturated/α-hetero) is 1. The smallest absolute Gasteiger partial charge is 0.290 e. The van der Waals surface area contributed by atoms with Gasteiger partial charge >= 0.3 is 0 Å². The van der Waals surface area contributed by atoms with Crippen LogP contribution < -0.4 is 10.5 Å². The molecule has 1 aromatic carbocycles. The van der Waals surface area contributed by atoms with Crippen LogP contribution in [0.2, 0.25) is 0 Å². The number of ketones is 1. The number of carbonyl (C=O) groups excluding carboxylic acids is 3. The zero-order valence-electron chi connectivity index (χ0n) is 18.5. The van der Waals surface area contributed by atoms with Gasteiger partial charge in [0.2, 0.25) is 5.78 Å². The number of rotatable bonds is 8. The van der Waals surface area contributed by atoms with E-state index in [0.717, 1.165) is 5.56 Å². The van der Waals surface area contributed by atoms with Crippen LogP contribution in [0.15, 0.2) is 60.1 Å². The summed E-state index contributed by atoms with van der Waals surface area (Å²) in [5.74, 6) is -1.88. The van der Waals surface area contributed by atoms with Crippen LogP contribution in [-0.4, -0.2) is 44.2 Å². The number of primary amides is 1. The fourth-order valence-corrected chi connectivity index (χ4v) is 4.72. The summed E-state index contributed by atoms with van der Waals surface area (Å²) in [7, 11) is 0. The first-order valence-corrected chi connectivity index (χ1v) is 11.2. The Bertz CT molecular complexity index is 1280. The fraction of sp³-hybridized carbons (Fsp3) is 0.208. The van der Waals surface area contributed by atoms with Gasteiger partial charge in [0.25, 0.3) is 11.8 Å². The Morgan fingerprint density at radius 2 is 1.94 bits per heavy atom. The zero-order valence-corrected chi connectivity index (χ0v) is 19.3. The second kappa shape index (κ2) is 9.44. The van der Waals surface area contributed by atoms with E-state index in [1.807, 2.05) is 6.07 Å². The van der Waals surface area contributed by atoms with Crippen molar-refractivity contribution in [1.29, 1.82) is 0 Å². The molecule has 0 spiro atoms. The van der Waals surface area contributed by atoms with E-state index in [9.17, 15) is 19.5 Å². The minimum absolute atomic E-state index is 0.00792. The first-order valence-electron chi connectivity index (χ1n) is 10.4. The van der Waals surface area contributed by atoms with Gasteiger partial charge in [-0.15, -0.1) is 11.3 Å². The maximum atomic E-state index is 13.5. The molecule has 174 valence electrons. The van der Waals surface area contributed by atoms with Gasteiger partial charge in [-0.1, -0.05) is 18.2 Å². The van der Waals surface area contributed by atoms with Crippen LogP contribution >= 0.6 is 11.3 Å². The predicted molar refractivity (Wildman–Crippen MR) is 124 cm³/mol. The third-order valence-corrected chi connectivity index (χ3v) is 6.38. The molecule has 2 amide bonds. The van der Waals surface area contributed by atoms with E-state index >= 15 is 0 Å². The Morgan fingerprint density at radius 1 is 1.21 bits per heavy atom. The number of amides is 2. The summed E-state index contributed by atoms with van der Waals surface area (Å²) in [5, 5.41) is 11.5. The summed E-state index contributed by atoms with van der Waals surface area (Å²) < 4.78 is 5.31. The number of benzene rings is 1. The molecule has 0 saturated heterocycles. The summed E-state index contributed by atoms with van der Waals surface area (Å²) in [6.45, 7) is 3.37. The molecule has 10 heteroatoms. The fourth-order valence-electron chi connectivity index (χ4n) is 3.85. The zero-order chi connectivity index (χ0) is 24.4. The van der Waals surface area contributed by atoms with Crippen molar-refractivity contribution < 1.29 is 24.2 Å². The van der Waals surface area contributed by atoms with Gasteiger partial charge in [0.05, 0.1) is 27.2 Å². The van der Waals surface area contributed by atoms with E-state index in [0.29, 0.717) is 26.9 Å². The van der Waals surface area contributed by atoms with Crippen molar-refractivity contribution in [1.82, 2.24) is 14.9 Å². The van der Waals surface area contributed by atoms with Crippen molar-refractivity contribution in [3.05, 3.63) is 86.8 Å². The van der Waals surface area contributed by atoms with E-state index in [-0.39, 0.29) is 18.7 Å². The lowest BCUT2D eigenvalue weighted by Gasteiger charge is -2.27. The van der Waals surface area contributed by atoms with Gasteiger partial charge < -0.3 is 20.5 Å². The van der Waals surface area contributed by atoms with E-state index in [2.05, 4.69) is 9.97 Å². The number of aliphatic hydroxyl groups excluding tert-OH is 1. The number of aryl methyl sites for hydroxylation is 2. The molecule has 1 aliphatic heterocycles. The van der Waals surface area contributed by atoms with Crippen LogP contribution in [0, 0.1) is 13.8 Å². The highest BCUT2D eigenvalue weighted by atomic mass is 32.1. The molecule has 0 saturated carbocycles.